The van der Waals surface area contributed by atoms with E-state index in [-0.39, 0.29) is 19.3 Å². The molecule has 3 N–H and O–H groups in total. The fourth-order valence-electron chi connectivity index (χ4n) is 0.187. The normalized spacial score (nSPS) is 10.3. The summed E-state index contributed by atoms with van der Waals surface area (Å²) in [6, 6.07) is -0.264. The monoisotopic (exact) mass is 104 g/mol. The Kier molecular flexibility index (Phi) is 3.98. The van der Waals surface area contributed by atoms with E-state index in [0.717, 1.165) is 0 Å². The average molecular weight is 104 g/mol. The maximum Gasteiger partial charge on any atom is 0.0607 e. The van der Waals surface area contributed by atoms with Gasteiger partial charge in [0.2, 0.25) is 0 Å². The molecular formula is C4H10NO2. The summed E-state index contributed by atoms with van der Waals surface area (Å²) in [4.78, 5) is 0. The first-order valence-electron chi connectivity index (χ1n) is 2.09. The van der Waals surface area contributed by atoms with Crippen molar-refractivity contribution in [3.63, 3.8) is 0 Å². The van der Waals surface area contributed by atoms with Gasteiger partial charge in [0.15, 0.2) is 0 Å². The van der Waals surface area contributed by atoms with Crippen molar-refractivity contribution in [2.45, 2.75) is 6.04 Å². The zero-order chi connectivity index (χ0) is 5.70. The fourth-order valence-corrected chi connectivity index (χ4v) is 0.187. The zero-order valence-electron chi connectivity index (χ0n) is 4.09. The molecule has 0 spiro atoms. The molecule has 3 heteroatoms. The quantitative estimate of drug-likeness (QED) is 0.418. The van der Waals surface area contributed by atoms with Crippen LogP contribution in [0, 0.1) is 7.05 Å². The highest BCUT2D eigenvalue weighted by atomic mass is 16.3. The Balaban J connectivity index is 2.99. The van der Waals surface area contributed by atoms with Crippen molar-refractivity contribution in [3.05, 3.63) is 7.05 Å². The molecule has 0 aliphatic carbocycles. The van der Waals surface area contributed by atoms with E-state index in [4.69, 9.17) is 10.2 Å². The second kappa shape index (κ2) is 4.05. The first kappa shape index (κ1) is 6.88. The van der Waals surface area contributed by atoms with E-state index in [1.165, 1.54) is 0 Å². The van der Waals surface area contributed by atoms with Crippen LogP contribution in [0.4, 0.5) is 0 Å². The Bertz CT molecular complexity index is 31.2. The Hall–Kier alpha value is -0.120. The number of nitrogens with one attached hydrogen (secondary N) is 1. The van der Waals surface area contributed by atoms with Gasteiger partial charge in [-0.3, -0.25) is 0 Å². The van der Waals surface area contributed by atoms with E-state index in [2.05, 4.69) is 12.4 Å². The number of aliphatic hydroxyl groups excluding tert-OH is 2. The molecule has 0 aromatic heterocycles. The lowest BCUT2D eigenvalue weighted by molar-refractivity contribution is 0.179. The molecule has 43 valence electrons. The third-order valence-corrected chi connectivity index (χ3v) is 0.729. The Labute approximate surface area is 43.0 Å². The second-order valence-electron chi connectivity index (χ2n) is 1.27. The molecule has 0 saturated heterocycles. The van der Waals surface area contributed by atoms with Crippen LogP contribution in [0.5, 0.6) is 0 Å². The van der Waals surface area contributed by atoms with Crippen LogP contribution in [-0.2, 0) is 0 Å². The molecule has 0 bridgehead atoms. The largest absolute Gasteiger partial charge is 0.395 e. The molecule has 0 aromatic carbocycles. The predicted octanol–water partition coefficient (Wildman–Crippen LogP) is -1.28. The highest BCUT2D eigenvalue weighted by Crippen LogP contribution is 1.73. The van der Waals surface area contributed by atoms with Gasteiger partial charge in [0.25, 0.3) is 0 Å². The van der Waals surface area contributed by atoms with Crippen molar-refractivity contribution < 1.29 is 10.2 Å². The van der Waals surface area contributed by atoms with Gasteiger partial charge in [0, 0.05) is 7.05 Å². The summed E-state index contributed by atoms with van der Waals surface area (Å²) in [6.07, 6.45) is 0. The number of aliphatic hydroxyl groups is 2. The molecule has 0 aliphatic rings. The maximum atomic E-state index is 8.26. The molecule has 0 aromatic rings. The summed E-state index contributed by atoms with van der Waals surface area (Å²) in [6.45, 7) is -0.139. The minimum atomic E-state index is -0.264. The minimum Gasteiger partial charge on any atom is -0.395 e. The molecule has 0 aliphatic heterocycles. The summed E-state index contributed by atoms with van der Waals surface area (Å²) < 4.78 is 0. The average Bonchev–Trinajstić information content (AvgIpc) is 1.72. The van der Waals surface area contributed by atoms with E-state index < -0.39 is 0 Å². The summed E-state index contributed by atoms with van der Waals surface area (Å²) in [5, 5.41) is 19.0. The van der Waals surface area contributed by atoms with Crippen LogP contribution in [0.25, 0.3) is 0 Å². The molecule has 0 saturated carbocycles. The molecule has 0 rings (SSSR count). The van der Waals surface area contributed by atoms with Gasteiger partial charge in [-0.05, 0) is 0 Å². The second-order valence-corrected chi connectivity index (χ2v) is 1.27. The van der Waals surface area contributed by atoms with Gasteiger partial charge in [-0.2, -0.15) is 0 Å². The van der Waals surface area contributed by atoms with Crippen molar-refractivity contribution in [1.29, 1.82) is 0 Å². The maximum absolute atomic E-state index is 8.26. The molecule has 1 radical (unpaired) electrons. The van der Waals surface area contributed by atoms with Gasteiger partial charge in [-0.25, -0.2) is 0 Å². The summed E-state index contributed by atoms with van der Waals surface area (Å²) in [5.41, 5.74) is 0. The van der Waals surface area contributed by atoms with Gasteiger partial charge < -0.3 is 15.5 Å². The molecule has 0 amide bonds. The van der Waals surface area contributed by atoms with Crippen LogP contribution in [0.15, 0.2) is 0 Å². The highest BCUT2D eigenvalue weighted by molar-refractivity contribution is 4.60. The van der Waals surface area contributed by atoms with Crippen LogP contribution in [0.3, 0.4) is 0 Å². The summed E-state index contributed by atoms with van der Waals surface area (Å²) in [5.74, 6) is 0. The Morgan fingerprint density at radius 3 is 1.86 bits per heavy atom. The first-order valence-corrected chi connectivity index (χ1v) is 2.09. The van der Waals surface area contributed by atoms with Crippen LogP contribution >= 0.6 is 0 Å². The number of hydrogen-bond acceptors (Lipinski definition) is 3. The molecular weight excluding hydrogens is 94.0 g/mol. The molecule has 0 heterocycles. The van der Waals surface area contributed by atoms with E-state index in [1.807, 2.05) is 0 Å². The van der Waals surface area contributed by atoms with Crippen LogP contribution < -0.4 is 5.32 Å². The van der Waals surface area contributed by atoms with E-state index in [9.17, 15) is 0 Å². The predicted molar refractivity (Wildman–Crippen MR) is 26.5 cm³/mol. The van der Waals surface area contributed by atoms with Gasteiger partial charge in [-0.15, -0.1) is 0 Å². The number of rotatable bonds is 3. The molecule has 3 nitrogen and oxygen atoms in total. The van der Waals surface area contributed by atoms with Crippen molar-refractivity contribution in [2.75, 3.05) is 13.2 Å². The van der Waals surface area contributed by atoms with Gasteiger partial charge >= 0.3 is 0 Å². The lowest BCUT2D eigenvalue weighted by Crippen LogP contribution is -2.30. The first-order chi connectivity index (χ1) is 3.35. The fraction of sp³-hybridized carbons (Fsp3) is 0.750. The molecule has 0 unspecified atom stereocenters. The van der Waals surface area contributed by atoms with E-state index in [0.29, 0.717) is 0 Å². The van der Waals surface area contributed by atoms with Gasteiger partial charge in [0.1, 0.15) is 0 Å². The van der Waals surface area contributed by atoms with Crippen LogP contribution in [-0.4, -0.2) is 29.5 Å². The SMILES string of the molecule is [CH2]NC(CO)CO. The topological polar surface area (TPSA) is 52.5 Å². The lowest BCUT2D eigenvalue weighted by Gasteiger charge is -2.06. The lowest BCUT2D eigenvalue weighted by atomic mass is 10.3. The smallest absolute Gasteiger partial charge is 0.0607 e. The Morgan fingerprint density at radius 1 is 1.43 bits per heavy atom. The van der Waals surface area contributed by atoms with Crippen LogP contribution in [0.1, 0.15) is 0 Å². The van der Waals surface area contributed by atoms with Crippen molar-refractivity contribution in [3.8, 4) is 0 Å². The number of hydrogen-bond donors (Lipinski definition) is 3. The third-order valence-electron chi connectivity index (χ3n) is 0.729. The van der Waals surface area contributed by atoms with E-state index >= 15 is 0 Å². The Morgan fingerprint density at radius 2 is 1.86 bits per heavy atom. The minimum absolute atomic E-state index is 0.0694. The molecule has 7 heavy (non-hydrogen) atoms. The zero-order valence-corrected chi connectivity index (χ0v) is 4.09. The summed E-state index contributed by atoms with van der Waals surface area (Å²) in [7, 11) is 3.26. The third kappa shape index (κ3) is 2.56. The van der Waals surface area contributed by atoms with Crippen molar-refractivity contribution >= 4 is 0 Å². The van der Waals surface area contributed by atoms with Gasteiger partial charge in [-0.1, -0.05) is 0 Å². The van der Waals surface area contributed by atoms with Crippen molar-refractivity contribution in [2.24, 2.45) is 0 Å². The van der Waals surface area contributed by atoms with Gasteiger partial charge in [0.05, 0.1) is 19.3 Å². The summed E-state index contributed by atoms with van der Waals surface area (Å²) >= 11 is 0. The van der Waals surface area contributed by atoms with Crippen molar-refractivity contribution in [1.82, 2.24) is 5.32 Å². The molecule has 0 atom stereocenters. The molecule has 0 fully saturated rings. The highest BCUT2D eigenvalue weighted by Gasteiger charge is 1.97. The van der Waals surface area contributed by atoms with Crippen LogP contribution in [0.2, 0.25) is 0 Å². The van der Waals surface area contributed by atoms with E-state index in [1.54, 1.807) is 0 Å². The standard InChI is InChI=1S/C4H10NO2/c1-5-4(2-6)3-7/h4-7H,1-3H2.